The number of rotatable bonds is 23. The molecule has 4 N–H and O–H groups in total. The SMILES string of the molecule is CCCCCCCC(=O)O[C@@H]1[C@H](O)O[C@H](C(O)C(=O)CCCCC)[C@](O)(C(=O)CCCCC)[C@@]1(O)C(=O)CCCCC. The molecular formula is C32H56O10. The van der Waals surface area contributed by atoms with Gasteiger partial charge in [0.05, 0.1) is 0 Å². The third-order valence-corrected chi connectivity index (χ3v) is 8.20. The first-order chi connectivity index (χ1) is 20.0. The quantitative estimate of drug-likeness (QED) is 0.0983. The van der Waals surface area contributed by atoms with Crippen LogP contribution in [0.2, 0.25) is 0 Å². The average molecular weight is 601 g/mol. The summed E-state index contributed by atoms with van der Waals surface area (Å²) in [6.45, 7) is 7.82. The fourth-order valence-corrected chi connectivity index (χ4v) is 5.54. The fourth-order valence-electron chi connectivity index (χ4n) is 5.54. The molecule has 0 spiro atoms. The smallest absolute Gasteiger partial charge is 0.306 e. The molecule has 10 nitrogen and oxygen atoms in total. The zero-order valence-electron chi connectivity index (χ0n) is 26.3. The van der Waals surface area contributed by atoms with Crippen LogP contribution >= 0.6 is 0 Å². The lowest BCUT2D eigenvalue weighted by molar-refractivity contribution is -0.342. The first-order valence-electron chi connectivity index (χ1n) is 16.2. The van der Waals surface area contributed by atoms with E-state index in [4.69, 9.17) is 9.47 Å². The molecule has 1 heterocycles. The summed E-state index contributed by atoms with van der Waals surface area (Å²) in [4.78, 5) is 53.3. The second-order valence-corrected chi connectivity index (χ2v) is 11.7. The number of hydrogen-bond donors (Lipinski definition) is 4. The zero-order valence-corrected chi connectivity index (χ0v) is 26.3. The number of carbonyl (C=O) groups is 4. The summed E-state index contributed by atoms with van der Waals surface area (Å²) in [6, 6.07) is 0. The second-order valence-electron chi connectivity index (χ2n) is 11.7. The Morgan fingerprint density at radius 2 is 1.10 bits per heavy atom. The van der Waals surface area contributed by atoms with Crippen molar-refractivity contribution in [1.82, 2.24) is 0 Å². The van der Waals surface area contributed by atoms with E-state index in [1.165, 1.54) is 0 Å². The van der Waals surface area contributed by atoms with Gasteiger partial charge < -0.3 is 29.9 Å². The van der Waals surface area contributed by atoms with Gasteiger partial charge in [-0.1, -0.05) is 91.9 Å². The Labute approximate surface area is 251 Å². The number of hydrogen-bond acceptors (Lipinski definition) is 10. The van der Waals surface area contributed by atoms with Crippen molar-refractivity contribution >= 4 is 23.3 Å². The molecule has 6 atom stereocenters. The van der Waals surface area contributed by atoms with Crippen LogP contribution in [0.3, 0.4) is 0 Å². The third kappa shape index (κ3) is 9.91. The predicted molar refractivity (Wildman–Crippen MR) is 157 cm³/mol. The fraction of sp³-hybridized carbons (Fsp3) is 0.875. The molecule has 1 fully saturated rings. The lowest BCUT2D eigenvalue weighted by Gasteiger charge is -2.54. The molecule has 42 heavy (non-hydrogen) atoms. The van der Waals surface area contributed by atoms with Crippen molar-refractivity contribution in [2.75, 3.05) is 0 Å². The standard InChI is InChI=1S/C32H56O10/c1-5-9-13-14-18-22-26(36)41-29-30(38)42-28(27(37)23(33)19-15-10-6-2)31(39,24(34)20-16-11-7-3)32(29,40)25(35)21-17-12-8-4/h27-30,37-40H,5-22H2,1-4H3/t27?,28-,29-,30-,31-,32-/m1/s1. The average Bonchev–Trinajstić information content (AvgIpc) is 2.96. The van der Waals surface area contributed by atoms with E-state index >= 15 is 0 Å². The van der Waals surface area contributed by atoms with Gasteiger partial charge in [0.15, 0.2) is 35.3 Å². The highest BCUT2D eigenvalue weighted by atomic mass is 16.7. The van der Waals surface area contributed by atoms with Crippen molar-refractivity contribution in [3.63, 3.8) is 0 Å². The maximum Gasteiger partial charge on any atom is 0.306 e. The second kappa shape index (κ2) is 19.5. The first-order valence-corrected chi connectivity index (χ1v) is 16.2. The van der Waals surface area contributed by atoms with Crippen LogP contribution in [0.1, 0.15) is 143 Å². The van der Waals surface area contributed by atoms with E-state index in [1.54, 1.807) is 0 Å². The maximum atomic E-state index is 13.8. The van der Waals surface area contributed by atoms with Gasteiger partial charge >= 0.3 is 5.97 Å². The van der Waals surface area contributed by atoms with Gasteiger partial charge in [-0.25, -0.2) is 0 Å². The van der Waals surface area contributed by atoms with Crippen molar-refractivity contribution in [1.29, 1.82) is 0 Å². The van der Waals surface area contributed by atoms with Gasteiger partial charge in [0.1, 0.15) is 12.2 Å². The summed E-state index contributed by atoms with van der Waals surface area (Å²) >= 11 is 0. The van der Waals surface area contributed by atoms with E-state index in [0.29, 0.717) is 44.9 Å². The molecule has 244 valence electrons. The number of ether oxygens (including phenoxy) is 2. The molecule has 1 unspecified atom stereocenters. The number of Topliss-reactive ketones (excluding diaryl/α,β-unsaturated/α-hetero) is 3. The minimum absolute atomic E-state index is 0.0715. The third-order valence-electron chi connectivity index (χ3n) is 8.20. The van der Waals surface area contributed by atoms with Crippen LogP contribution in [-0.4, -0.2) is 79.5 Å². The van der Waals surface area contributed by atoms with Crippen LogP contribution in [0.5, 0.6) is 0 Å². The van der Waals surface area contributed by atoms with Crippen LogP contribution in [0.15, 0.2) is 0 Å². The minimum Gasteiger partial charge on any atom is -0.453 e. The molecule has 1 aliphatic rings. The monoisotopic (exact) mass is 600 g/mol. The normalized spacial score (nSPS) is 26.5. The zero-order chi connectivity index (χ0) is 31.8. The summed E-state index contributed by atoms with van der Waals surface area (Å²) in [6.07, 6.45) is 0.0184. The lowest BCUT2D eigenvalue weighted by atomic mass is 9.64. The Morgan fingerprint density at radius 1 is 0.667 bits per heavy atom. The molecule has 10 heteroatoms. The van der Waals surface area contributed by atoms with Gasteiger partial charge in [-0.05, 0) is 25.7 Å². The van der Waals surface area contributed by atoms with E-state index in [2.05, 4.69) is 6.92 Å². The lowest BCUT2D eigenvalue weighted by Crippen LogP contribution is -2.82. The maximum absolute atomic E-state index is 13.8. The van der Waals surface area contributed by atoms with Crippen molar-refractivity contribution in [3.05, 3.63) is 0 Å². The largest absolute Gasteiger partial charge is 0.453 e. The van der Waals surface area contributed by atoms with Crippen molar-refractivity contribution < 1.29 is 49.1 Å². The highest BCUT2D eigenvalue weighted by Crippen LogP contribution is 2.44. The summed E-state index contributed by atoms with van der Waals surface area (Å²) in [5, 5.41) is 46.4. The Hall–Kier alpha value is -1.72. The highest BCUT2D eigenvalue weighted by Gasteiger charge is 2.74. The number of unbranched alkanes of at least 4 members (excludes halogenated alkanes) is 10. The Bertz CT molecular complexity index is 845. The van der Waals surface area contributed by atoms with Crippen LogP contribution in [-0.2, 0) is 28.7 Å². The number of carbonyl (C=O) groups excluding carboxylic acids is 4. The minimum atomic E-state index is -3.16. The summed E-state index contributed by atoms with van der Waals surface area (Å²) in [5.74, 6) is -3.65. The topological polar surface area (TPSA) is 168 Å². The summed E-state index contributed by atoms with van der Waals surface area (Å²) in [7, 11) is 0. The van der Waals surface area contributed by atoms with E-state index in [1.807, 2.05) is 20.8 Å². The molecule has 1 aliphatic heterocycles. The Kier molecular flexibility index (Phi) is 17.8. The van der Waals surface area contributed by atoms with E-state index in [0.717, 1.165) is 44.9 Å². The molecule has 1 rings (SSSR count). The molecule has 0 saturated carbocycles. The number of ketones is 3. The predicted octanol–water partition coefficient (Wildman–Crippen LogP) is 4.25. The van der Waals surface area contributed by atoms with Crippen LogP contribution in [0, 0.1) is 0 Å². The molecule has 0 aromatic heterocycles. The first kappa shape index (κ1) is 38.3. The number of aliphatic hydroxyl groups is 4. The number of esters is 1. The molecule has 0 bridgehead atoms. The Balaban J connectivity index is 3.56. The van der Waals surface area contributed by atoms with Gasteiger partial charge in [-0.15, -0.1) is 0 Å². The van der Waals surface area contributed by atoms with E-state index < -0.39 is 59.1 Å². The van der Waals surface area contributed by atoms with Crippen LogP contribution in [0.25, 0.3) is 0 Å². The summed E-state index contributed by atoms with van der Waals surface area (Å²) in [5.41, 5.74) is -6.32. The van der Waals surface area contributed by atoms with Gasteiger partial charge in [-0.2, -0.15) is 0 Å². The summed E-state index contributed by atoms with van der Waals surface area (Å²) < 4.78 is 10.9. The van der Waals surface area contributed by atoms with Gasteiger partial charge in [0.25, 0.3) is 0 Å². The number of aliphatic hydroxyl groups excluding tert-OH is 2. The van der Waals surface area contributed by atoms with Gasteiger partial charge in [0.2, 0.25) is 5.60 Å². The van der Waals surface area contributed by atoms with Crippen LogP contribution in [0.4, 0.5) is 0 Å². The van der Waals surface area contributed by atoms with Gasteiger partial charge in [0, 0.05) is 25.7 Å². The molecular weight excluding hydrogens is 544 g/mol. The van der Waals surface area contributed by atoms with Crippen molar-refractivity contribution in [3.8, 4) is 0 Å². The Morgan fingerprint density at radius 3 is 1.62 bits per heavy atom. The molecule has 0 radical (unpaired) electrons. The van der Waals surface area contributed by atoms with Gasteiger partial charge in [-0.3, -0.25) is 19.2 Å². The highest BCUT2D eigenvalue weighted by molar-refractivity contribution is 6.01. The van der Waals surface area contributed by atoms with Crippen molar-refractivity contribution in [2.24, 2.45) is 0 Å². The molecule has 0 amide bonds. The van der Waals surface area contributed by atoms with E-state index in [-0.39, 0.29) is 25.7 Å². The van der Waals surface area contributed by atoms with Crippen LogP contribution < -0.4 is 0 Å². The van der Waals surface area contributed by atoms with Crippen molar-refractivity contribution in [2.45, 2.75) is 179 Å². The molecule has 0 aromatic rings. The molecule has 0 aromatic carbocycles. The molecule has 1 saturated heterocycles. The molecule has 0 aliphatic carbocycles. The van der Waals surface area contributed by atoms with E-state index in [9.17, 15) is 39.6 Å².